The number of aryl methyl sites for hydroxylation is 2. The molecule has 0 saturated carbocycles. The number of pyridine rings is 1. The van der Waals surface area contributed by atoms with Crippen LogP contribution in [0.4, 0.5) is 17.6 Å². The van der Waals surface area contributed by atoms with Crippen molar-refractivity contribution in [1.82, 2.24) is 14.8 Å². The maximum absolute atomic E-state index is 15.7. The lowest BCUT2D eigenvalue weighted by molar-refractivity contribution is -0.138. The number of carbonyl (C=O) groups is 2. The Morgan fingerprint density at radius 1 is 1.07 bits per heavy atom. The first-order valence-electron chi connectivity index (χ1n) is 14.7. The third-order valence-corrected chi connectivity index (χ3v) is 8.21. The fraction of sp³-hybridized carbons (Fsp3) is 0.424. The van der Waals surface area contributed by atoms with Gasteiger partial charge in [-0.05, 0) is 85.2 Å². The van der Waals surface area contributed by atoms with Crippen molar-refractivity contribution >= 4 is 23.5 Å². The number of nitrogens with zero attached hydrogens (tertiary/aromatic N) is 2. The summed E-state index contributed by atoms with van der Waals surface area (Å²) in [5.74, 6) is -4.65. The van der Waals surface area contributed by atoms with Crippen molar-refractivity contribution in [2.45, 2.75) is 65.2 Å². The van der Waals surface area contributed by atoms with Gasteiger partial charge in [-0.3, -0.25) is 19.3 Å². The molecular formula is C33H36ClF4N3O4. The quantitative estimate of drug-likeness (QED) is 0.224. The number of hydrogen-bond acceptors (Lipinski definition) is 4. The minimum atomic E-state index is -1.38. The first-order chi connectivity index (χ1) is 21.1. The molecule has 1 saturated heterocycles. The molecule has 3 aromatic rings. The second-order valence-corrected chi connectivity index (χ2v) is 12.5. The monoisotopic (exact) mass is 649 g/mol. The van der Waals surface area contributed by atoms with Gasteiger partial charge in [0.25, 0.3) is 5.56 Å². The van der Waals surface area contributed by atoms with E-state index >= 15 is 4.39 Å². The van der Waals surface area contributed by atoms with Gasteiger partial charge in [0.2, 0.25) is 5.91 Å². The zero-order valence-electron chi connectivity index (χ0n) is 25.5. The molecule has 2 heterocycles. The topological polar surface area (TPSA) is 91.6 Å². The molecule has 1 amide bonds. The minimum absolute atomic E-state index is 0.0696. The average molecular weight is 650 g/mol. The van der Waals surface area contributed by atoms with Gasteiger partial charge in [0, 0.05) is 37.0 Å². The predicted octanol–water partition coefficient (Wildman–Crippen LogP) is 6.32. The summed E-state index contributed by atoms with van der Waals surface area (Å²) in [6.45, 7) is 7.69. The molecule has 1 aromatic heterocycles. The van der Waals surface area contributed by atoms with Crippen LogP contribution >= 0.6 is 11.6 Å². The Kier molecular flexibility index (Phi) is 10.8. The van der Waals surface area contributed by atoms with Crippen molar-refractivity contribution in [3.05, 3.63) is 91.6 Å². The number of halogens is 5. The molecule has 1 unspecified atom stereocenters. The van der Waals surface area contributed by atoms with Crippen molar-refractivity contribution < 1.29 is 32.3 Å². The van der Waals surface area contributed by atoms with E-state index in [-0.39, 0.29) is 41.6 Å². The highest BCUT2D eigenvalue weighted by molar-refractivity contribution is 6.33. The van der Waals surface area contributed by atoms with E-state index in [0.717, 1.165) is 16.7 Å². The van der Waals surface area contributed by atoms with Crippen LogP contribution < -0.4 is 10.9 Å². The Balaban J connectivity index is 1.72. The fourth-order valence-electron chi connectivity index (χ4n) is 5.70. The lowest BCUT2D eigenvalue weighted by Gasteiger charge is -2.34. The molecule has 2 N–H and O–H groups in total. The Hall–Kier alpha value is -3.70. The highest BCUT2D eigenvalue weighted by atomic mass is 35.5. The molecule has 45 heavy (non-hydrogen) atoms. The first-order valence-corrected chi connectivity index (χ1v) is 15.1. The van der Waals surface area contributed by atoms with E-state index in [4.69, 9.17) is 11.6 Å². The molecular weight excluding hydrogens is 614 g/mol. The zero-order chi connectivity index (χ0) is 33.2. The summed E-state index contributed by atoms with van der Waals surface area (Å²) in [5, 5.41) is 12.4. The number of rotatable bonds is 12. The van der Waals surface area contributed by atoms with Crippen LogP contribution in [-0.2, 0) is 16.0 Å². The van der Waals surface area contributed by atoms with Gasteiger partial charge in [0.1, 0.15) is 23.8 Å². The number of aromatic nitrogens is 1. The Labute approximate surface area is 263 Å². The van der Waals surface area contributed by atoms with Gasteiger partial charge in [0.15, 0.2) is 5.82 Å². The van der Waals surface area contributed by atoms with E-state index in [0.29, 0.717) is 35.2 Å². The second kappa shape index (κ2) is 14.2. The molecule has 7 nitrogen and oxygen atoms in total. The summed E-state index contributed by atoms with van der Waals surface area (Å²) in [7, 11) is 0. The molecule has 0 aliphatic carbocycles. The maximum atomic E-state index is 15.7. The summed E-state index contributed by atoms with van der Waals surface area (Å²) in [4.78, 5) is 40.6. The van der Waals surface area contributed by atoms with Crippen LogP contribution in [0.2, 0.25) is 5.02 Å². The highest BCUT2D eigenvalue weighted by Crippen LogP contribution is 2.36. The Morgan fingerprint density at radius 3 is 2.36 bits per heavy atom. The largest absolute Gasteiger partial charge is 0.481 e. The molecule has 0 bridgehead atoms. The van der Waals surface area contributed by atoms with E-state index < -0.39 is 59.6 Å². The molecule has 0 spiro atoms. The number of carbonyl (C=O) groups excluding carboxylic acids is 1. The van der Waals surface area contributed by atoms with Crippen LogP contribution in [0.5, 0.6) is 0 Å². The van der Waals surface area contributed by atoms with E-state index in [9.17, 15) is 32.7 Å². The number of hydrogen-bond donors (Lipinski definition) is 2. The van der Waals surface area contributed by atoms with E-state index in [2.05, 4.69) is 5.32 Å². The number of likely N-dealkylation sites (tertiary alicyclic amines) is 1. The van der Waals surface area contributed by atoms with Crippen LogP contribution in [0.1, 0.15) is 61.0 Å². The van der Waals surface area contributed by atoms with E-state index in [1.54, 1.807) is 20.8 Å². The SMILES string of the molecule is Cc1cc(-c2c(C)cc(F)cc2Cl)cc([C@H](CC(=O)O)NC(=O)C(CC(C)C)n2cc(CCN3CC(F)C3)cc(F)c2=O)c1F. The van der Waals surface area contributed by atoms with Gasteiger partial charge in [-0.2, -0.15) is 0 Å². The van der Waals surface area contributed by atoms with Gasteiger partial charge >= 0.3 is 5.97 Å². The predicted molar refractivity (Wildman–Crippen MR) is 164 cm³/mol. The molecule has 0 radical (unpaired) electrons. The molecule has 1 fully saturated rings. The van der Waals surface area contributed by atoms with Gasteiger partial charge in [0.05, 0.1) is 17.5 Å². The van der Waals surface area contributed by atoms with Crippen LogP contribution in [0, 0.1) is 37.2 Å². The summed E-state index contributed by atoms with van der Waals surface area (Å²) < 4.78 is 58.7. The molecule has 2 atom stereocenters. The lowest BCUT2D eigenvalue weighted by Crippen LogP contribution is -2.49. The van der Waals surface area contributed by atoms with Crippen molar-refractivity contribution in [1.29, 1.82) is 0 Å². The summed E-state index contributed by atoms with van der Waals surface area (Å²) in [6, 6.07) is 3.70. The van der Waals surface area contributed by atoms with Gasteiger partial charge in [-0.1, -0.05) is 25.4 Å². The minimum Gasteiger partial charge on any atom is -0.481 e. The number of aliphatic carboxylic acids is 1. The third kappa shape index (κ3) is 8.12. The lowest BCUT2D eigenvalue weighted by atomic mass is 9.92. The molecule has 1 aliphatic heterocycles. The Morgan fingerprint density at radius 2 is 1.76 bits per heavy atom. The Bertz CT molecular complexity index is 1630. The van der Waals surface area contributed by atoms with E-state index in [1.165, 1.54) is 31.3 Å². The number of benzene rings is 2. The van der Waals surface area contributed by atoms with Crippen molar-refractivity contribution in [2.24, 2.45) is 5.92 Å². The second-order valence-electron chi connectivity index (χ2n) is 12.1. The molecule has 12 heteroatoms. The number of amides is 1. The summed E-state index contributed by atoms with van der Waals surface area (Å²) in [6.07, 6.45) is 0.187. The smallest absolute Gasteiger partial charge is 0.305 e. The number of nitrogens with one attached hydrogen (secondary N) is 1. The standard InChI is InChI=1S/C33H36ClF4N3O4/c1-17(2)7-28(41-14-20(10-26(37)33(41)45)5-6-40-15-23(36)16-40)32(44)39-27(13-29(42)43)24-11-21(8-19(4)31(24)38)30-18(3)9-22(35)12-25(30)34/h8-12,14,17,23,27-28H,5-7,13,15-16H2,1-4H3,(H,39,44)(H,42,43)/t27-,28?/m0/s1. The summed E-state index contributed by atoms with van der Waals surface area (Å²) in [5.41, 5.74) is 0.663. The first kappa shape index (κ1) is 34.2. The number of carboxylic acid groups (broad SMARTS) is 1. The van der Waals surface area contributed by atoms with Gasteiger partial charge in [-0.25, -0.2) is 17.6 Å². The molecule has 1 aliphatic rings. The van der Waals surface area contributed by atoms with E-state index in [1.807, 2.05) is 4.90 Å². The fourth-order valence-corrected chi connectivity index (χ4v) is 6.07. The van der Waals surface area contributed by atoms with Crippen LogP contribution in [-0.4, -0.2) is 52.3 Å². The van der Waals surface area contributed by atoms with Crippen LogP contribution in [0.15, 0.2) is 41.3 Å². The van der Waals surface area contributed by atoms with Gasteiger partial charge in [-0.15, -0.1) is 0 Å². The third-order valence-electron chi connectivity index (χ3n) is 7.91. The van der Waals surface area contributed by atoms with Crippen LogP contribution in [0.25, 0.3) is 11.1 Å². The van der Waals surface area contributed by atoms with Crippen molar-refractivity contribution in [3.63, 3.8) is 0 Å². The molecule has 4 rings (SSSR count). The van der Waals surface area contributed by atoms with Crippen molar-refractivity contribution in [2.75, 3.05) is 19.6 Å². The van der Waals surface area contributed by atoms with Crippen LogP contribution in [0.3, 0.4) is 0 Å². The molecule has 242 valence electrons. The molecule has 2 aromatic carbocycles. The zero-order valence-corrected chi connectivity index (χ0v) is 26.2. The normalized spacial score (nSPS) is 15.2. The summed E-state index contributed by atoms with van der Waals surface area (Å²) >= 11 is 6.34. The maximum Gasteiger partial charge on any atom is 0.305 e. The number of alkyl halides is 1. The van der Waals surface area contributed by atoms with Gasteiger partial charge < -0.3 is 15.0 Å². The highest BCUT2D eigenvalue weighted by Gasteiger charge is 2.30. The average Bonchev–Trinajstić information content (AvgIpc) is 2.91. The number of carboxylic acids is 1. The van der Waals surface area contributed by atoms with Crippen molar-refractivity contribution in [3.8, 4) is 11.1 Å².